The summed E-state index contributed by atoms with van der Waals surface area (Å²) >= 11 is 0. The van der Waals surface area contributed by atoms with Gasteiger partial charge in [-0.25, -0.2) is 0 Å². The van der Waals surface area contributed by atoms with E-state index in [2.05, 4.69) is 32.8 Å². The highest BCUT2D eigenvalue weighted by Crippen LogP contribution is 2.07. The van der Waals surface area contributed by atoms with Crippen molar-refractivity contribution in [1.29, 1.82) is 0 Å². The molecule has 1 rings (SSSR count). The van der Waals surface area contributed by atoms with E-state index in [9.17, 15) is 0 Å². The zero-order valence-corrected chi connectivity index (χ0v) is 11.9. The van der Waals surface area contributed by atoms with Gasteiger partial charge in [-0.1, -0.05) is 27.7 Å². The minimum atomic E-state index is 0.691. The fourth-order valence-electron chi connectivity index (χ4n) is 1.87. The second kappa shape index (κ2) is 6.03. The summed E-state index contributed by atoms with van der Waals surface area (Å²) < 4.78 is 3.71. The van der Waals surface area contributed by atoms with Crippen LogP contribution in [0.1, 0.15) is 52.2 Å². The number of nitrogens with zero attached hydrogens (tertiary/aromatic N) is 3. The highest BCUT2D eigenvalue weighted by molar-refractivity contribution is 4.83. The third-order valence-electron chi connectivity index (χ3n) is 3.09. The predicted molar refractivity (Wildman–Crippen MR) is 69.9 cm³/mol. The molecule has 0 unspecified atom stereocenters. The maximum atomic E-state index is 6.11. The standard InChI is InChI=1S/C13H27N4/c1-10(2)6-8-12-15-16(5)13(17(12)14)9-7-11(3)4/h10-11H,6-9,14H2,1-5H3/q+1. The Morgan fingerprint density at radius 3 is 2.18 bits per heavy atom. The number of nitrogens with two attached hydrogens (primary N) is 1. The van der Waals surface area contributed by atoms with Gasteiger partial charge in [-0.05, 0) is 24.7 Å². The molecule has 0 aliphatic carbocycles. The van der Waals surface area contributed by atoms with Crippen LogP contribution in [0.3, 0.4) is 0 Å². The van der Waals surface area contributed by atoms with Gasteiger partial charge in [0.15, 0.2) is 0 Å². The first-order valence-electron chi connectivity index (χ1n) is 6.63. The maximum Gasteiger partial charge on any atom is 0.299 e. The minimum Gasteiger partial charge on any atom is -0.289 e. The van der Waals surface area contributed by atoms with Crippen molar-refractivity contribution in [3.05, 3.63) is 11.6 Å². The first-order valence-corrected chi connectivity index (χ1v) is 6.63. The fourth-order valence-corrected chi connectivity index (χ4v) is 1.87. The number of rotatable bonds is 6. The van der Waals surface area contributed by atoms with Gasteiger partial charge in [-0.3, -0.25) is 5.84 Å². The molecule has 0 bridgehead atoms. The normalized spacial score (nSPS) is 11.7. The zero-order valence-electron chi connectivity index (χ0n) is 11.9. The number of nitrogen functional groups attached to an aromatic ring is 1. The van der Waals surface area contributed by atoms with E-state index in [0.717, 1.165) is 37.3 Å². The molecule has 1 heterocycles. The Balaban J connectivity index is 2.71. The van der Waals surface area contributed by atoms with E-state index in [4.69, 9.17) is 5.84 Å². The molecule has 0 radical (unpaired) electrons. The summed E-state index contributed by atoms with van der Waals surface area (Å²) in [7, 11) is 1.98. The van der Waals surface area contributed by atoms with Gasteiger partial charge in [-0.15, -0.1) is 9.36 Å². The van der Waals surface area contributed by atoms with Crippen molar-refractivity contribution >= 4 is 0 Å². The number of aromatic nitrogens is 3. The lowest BCUT2D eigenvalue weighted by molar-refractivity contribution is -0.655. The number of hydrogen-bond acceptors (Lipinski definition) is 2. The summed E-state index contributed by atoms with van der Waals surface area (Å²) in [6, 6.07) is 0. The highest BCUT2D eigenvalue weighted by Gasteiger charge is 2.21. The SMILES string of the molecule is CC(C)CCc1nn(C)c(CCC(C)C)[n+]1N. The first-order chi connectivity index (χ1) is 7.91. The second-order valence-corrected chi connectivity index (χ2v) is 5.69. The topological polar surface area (TPSA) is 47.7 Å². The van der Waals surface area contributed by atoms with Crippen LogP contribution in [0.5, 0.6) is 0 Å². The molecule has 98 valence electrons. The summed E-state index contributed by atoms with van der Waals surface area (Å²) in [5.74, 6) is 9.62. The van der Waals surface area contributed by atoms with E-state index in [1.54, 1.807) is 4.68 Å². The van der Waals surface area contributed by atoms with Gasteiger partial charge >= 0.3 is 0 Å². The summed E-state index contributed by atoms with van der Waals surface area (Å²) in [6.07, 6.45) is 4.25. The number of hydrogen-bond donors (Lipinski definition) is 1. The molecule has 0 spiro atoms. The molecule has 1 aromatic rings. The van der Waals surface area contributed by atoms with Gasteiger partial charge in [-0.2, -0.15) is 0 Å². The third kappa shape index (κ3) is 4.02. The molecule has 2 N–H and O–H groups in total. The quantitative estimate of drug-likeness (QED) is 0.605. The lowest BCUT2D eigenvalue weighted by Gasteiger charge is -2.02. The predicted octanol–water partition coefficient (Wildman–Crippen LogP) is 1.60. The first kappa shape index (κ1) is 14.0. The fraction of sp³-hybridized carbons (Fsp3) is 0.846. The van der Waals surface area contributed by atoms with Gasteiger partial charge in [0, 0.05) is 17.9 Å². The van der Waals surface area contributed by atoms with Crippen LogP contribution in [0.15, 0.2) is 0 Å². The van der Waals surface area contributed by atoms with E-state index >= 15 is 0 Å². The molecule has 0 aromatic carbocycles. The monoisotopic (exact) mass is 239 g/mol. The van der Waals surface area contributed by atoms with Crippen LogP contribution in [0.25, 0.3) is 0 Å². The van der Waals surface area contributed by atoms with E-state index in [1.165, 1.54) is 0 Å². The van der Waals surface area contributed by atoms with Crippen LogP contribution >= 0.6 is 0 Å². The minimum absolute atomic E-state index is 0.691. The molecule has 0 saturated heterocycles. The maximum absolute atomic E-state index is 6.11. The Bertz CT molecular complexity index is 353. The van der Waals surface area contributed by atoms with Crippen LogP contribution in [-0.2, 0) is 19.9 Å². The van der Waals surface area contributed by atoms with Crippen LogP contribution in [-0.4, -0.2) is 9.78 Å². The van der Waals surface area contributed by atoms with E-state index in [0.29, 0.717) is 11.8 Å². The van der Waals surface area contributed by atoms with Crippen LogP contribution < -0.4 is 10.5 Å². The summed E-state index contributed by atoms with van der Waals surface area (Å²) in [5, 5.41) is 4.51. The van der Waals surface area contributed by atoms with Crippen molar-refractivity contribution in [2.45, 2.75) is 53.4 Å². The lowest BCUT2D eigenvalue weighted by Crippen LogP contribution is -2.50. The molecule has 0 atom stereocenters. The van der Waals surface area contributed by atoms with Gasteiger partial charge in [0.2, 0.25) is 0 Å². The number of aryl methyl sites for hydroxylation is 2. The highest BCUT2D eigenvalue weighted by atomic mass is 15.5. The third-order valence-corrected chi connectivity index (χ3v) is 3.09. The average molecular weight is 239 g/mol. The summed E-state index contributed by atoms with van der Waals surface area (Å²) in [4.78, 5) is 0. The Morgan fingerprint density at radius 2 is 1.65 bits per heavy atom. The molecular weight excluding hydrogens is 212 g/mol. The average Bonchev–Trinajstić information content (AvgIpc) is 2.48. The Labute approximate surface area is 105 Å². The molecule has 0 amide bonds. The molecule has 0 aliphatic heterocycles. The summed E-state index contributed by atoms with van der Waals surface area (Å²) in [6.45, 7) is 8.92. The largest absolute Gasteiger partial charge is 0.299 e. The Hall–Kier alpha value is -1.06. The van der Waals surface area contributed by atoms with Crippen molar-refractivity contribution in [3.63, 3.8) is 0 Å². The lowest BCUT2D eigenvalue weighted by atomic mass is 10.1. The van der Waals surface area contributed by atoms with Crippen LogP contribution in [0, 0.1) is 11.8 Å². The van der Waals surface area contributed by atoms with Gasteiger partial charge in [0.25, 0.3) is 11.6 Å². The van der Waals surface area contributed by atoms with Crippen molar-refractivity contribution in [3.8, 4) is 0 Å². The van der Waals surface area contributed by atoms with E-state index < -0.39 is 0 Å². The van der Waals surface area contributed by atoms with E-state index in [1.807, 2.05) is 11.7 Å². The van der Waals surface area contributed by atoms with Gasteiger partial charge in [0.1, 0.15) is 0 Å². The molecule has 4 nitrogen and oxygen atoms in total. The second-order valence-electron chi connectivity index (χ2n) is 5.69. The molecule has 0 fully saturated rings. The van der Waals surface area contributed by atoms with Gasteiger partial charge in [0.05, 0.1) is 7.05 Å². The molecule has 1 aromatic heterocycles. The van der Waals surface area contributed by atoms with Crippen LogP contribution in [0.4, 0.5) is 0 Å². The Kier molecular flexibility index (Phi) is 4.97. The van der Waals surface area contributed by atoms with Crippen molar-refractivity contribution < 1.29 is 4.68 Å². The molecule has 0 aliphatic rings. The van der Waals surface area contributed by atoms with E-state index in [-0.39, 0.29) is 0 Å². The van der Waals surface area contributed by atoms with Crippen molar-refractivity contribution in [1.82, 2.24) is 9.78 Å². The van der Waals surface area contributed by atoms with Crippen molar-refractivity contribution in [2.75, 3.05) is 5.84 Å². The van der Waals surface area contributed by atoms with Crippen LogP contribution in [0.2, 0.25) is 0 Å². The smallest absolute Gasteiger partial charge is 0.289 e. The molecule has 17 heavy (non-hydrogen) atoms. The molecule has 0 saturated carbocycles. The summed E-state index contributed by atoms with van der Waals surface area (Å²) in [5.41, 5.74) is 0. The van der Waals surface area contributed by atoms with Gasteiger partial charge < -0.3 is 0 Å². The molecular formula is C13H27N4+. The zero-order chi connectivity index (χ0) is 13.0. The molecule has 4 heteroatoms. The van der Waals surface area contributed by atoms with Crippen molar-refractivity contribution in [2.24, 2.45) is 18.9 Å². The Morgan fingerprint density at radius 1 is 1.12 bits per heavy atom.